The van der Waals surface area contributed by atoms with Crippen molar-refractivity contribution >= 4 is 0 Å². The van der Waals surface area contributed by atoms with Crippen LogP contribution in [0, 0.1) is 22.7 Å². The van der Waals surface area contributed by atoms with Crippen LogP contribution in [0.15, 0.2) is 0 Å². The summed E-state index contributed by atoms with van der Waals surface area (Å²) in [7, 11) is 1.83. The van der Waals surface area contributed by atoms with Crippen molar-refractivity contribution in [3.05, 3.63) is 0 Å². The first-order valence-electron chi connectivity index (χ1n) is 9.62. The van der Waals surface area contributed by atoms with Crippen molar-refractivity contribution in [2.75, 3.05) is 26.7 Å². The Morgan fingerprint density at radius 1 is 1.09 bits per heavy atom. The fourth-order valence-electron chi connectivity index (χ4n) is 4.80. The molecule has 0 bridgehead atoms. The molecular weight excluding hydrogens is 282 g/mol. The van der Waals surface area contributed by atoms with Gasteiger partial charge < -0.3 is 9.64 Å². The number of methoxy groups -OCH3 is 1. The van der Waals surface area contributed by atoms with Gasteiger partial charge in [-0.2, -0.15) is 0 Å². The Kier molecular flexibility index (Phi) is 7.17. The number of rotatable bonds is 7. The van der Waals surface area contributed by atoms with Gasteiger partial charge in [-0.1, -0.05) is 41.5 Å². The second-order valence-corrected chi connectivity index (χ2v) is 10.6. The molecule has 1 aliphatic rings. The predicted molar refractivity (Wildman–Crippen MR) is 102 cm³/mol. The van der Waals surface area contributed by atoms with Crippen LogP contribution in [0.1, 0.15) is 81.1 Å². The molecule has 2 heteroatoms. The number of piperidine rings is 1. The third-order valence-corrected chi connectivity index (χ3v) is 5.56. The van der Waals surface area contributed by atoms with Crippen molar-refractivity contribution < 1.29 is 4.74 Å². The fraction of sp³-hybridized carbons (Fsp3) is 1.00. The standard InChI is InChI=1S/C21H43NO/c1-17(13-21(7,8)23-9)14-22-12-10-11-18(15-22)20(5,6)16-19(2,3)4/h17-18H,10-16H2,1-9H3. The van der Waals surface area contributed by atoms with Gasteiger partial charge in [0.15, 0.2) is 0 Å². The van der Waals surface area contributed by atoms with Crippen LogP contribution in [0.2, 0.25) is 0 Å². The second-order valence-electron chi connectivity index (χ2n) is 10.6. The molecule has 2 atom stereocenters. The molecule has 23 heavy (non-hydrogen) atoms. The normalized spacial score (nSPS) is 23.1. The fourth-order valence-corrected chi connectivity index (χ4v) is 4.80. The number of hydrogen-bond acceptors (Lipinski definition) is 2. The Labute approximate surface area is 146 Å². The summed E-state index contributed by atoms with van der Waals surface area (Å²) in [6.07, 6.45) is 5.21. The monoisotopic (exact) mass is 325 g/mol. The van der Waals surface area contributed by atoms with Crippen molar-refractivity contribution in [2.45, 2.75) is 86.7 Å². The van der Waals surface area contributed by atoms with Gasteiger partial charge in [0.25, 0.3) is 0 Å². The first-order chi connectivity index (χ1) is 10.3. The van der Waals surface area contributed by atoms with Crippen LogP contribution < -0.4 is 0 Å². The third-order valence-electron chi connectivity index (χ3n) is 5.56. The molecule has 1 aliphatic heterocycles. The summed E-state index contributed by atoms with van der Waals surface area (Å²) in [4.78, 5) is 2.72. The molecule has 0 spiro atoms. The van der Waals surface area contributed by atoms with Crippen molar-refractivity contribution in [1.29, 1.82) is 0 Å². The van der Waals surface area contributed by atoms with Crippen LogP contribution in [0.25, 0.3) is 0 Å². The van der Waals surface area contributed by atoms with Gasteiger partial charge in [0.05, 0.1) is 5.60 Å². The lowest BCUT2D eigenvalue weighted by Crippen LogP contribution is -2.44. The molecule has 0 aromatic carbocycles. The highest BCUT2D eigenvalue weighted by Crippen LogP contribution is 2.42. The van der Waals surface area contributed by atoms with Gasteiger partial charge in [-0.3, -0.25) is 0 Å². The highest BCUT2D eigenvalue weighted by atomic mass is 16.5. The van der Waals surface area contributed by atoms with E-state index in [9.17, 15) is 0 Å². The van der Waals surface area contributed by atoms with Gasteiger partial charge >= 0.3 is 0 Å². The van der Waals surface area contributed by atoms with E-state index in [2.05, 4.69) is 60.3 Å². The molecule has 1 fully saturated rings. The lowest BCUT2D eigenvalue weighted by molar-refractivity contribution is -0.00541. The minimum Gasteiger partial charge on any atom is -0.379 e. The van der Waals surface area contributed by atoms with Crippen LogP contribution in [0.5, 0.6) is 0 Å². The number of ether oxygens (including phenoxy) is 1. The molecule has 0 radical (unpaired) electrons. The Hall–Kier alpha value is -0.0800. The van der Waals surface area contributed by atoms with E-state index in [1.165, 1.54) is 38.9 Å². The number of hydrogen-bond donors (Lipinski definition) is 0. The zero-order valence-electron chi connectivity index (χ0n) is 17.5. The highest BCUT2D eigenvalue weighted by molar-refractivity contribution is 4.88. The van der Waals surface area contributed by atoms with Crippen molar-refractivity contribution in [3.63, 3.8) is 0 Å². The summed E-state index contributed by atoms with van der Waals surface area (Å²) in [5.74, 6) is 1.52. The number of likely N-dealkylation sites (tertiary alicyclic amines) is 1. The lowest BCUT2D eigenvalue weighted by atomic mass is 9.66. The van der Waals surface area contributed by atoms with Crippen LogP contribution >= 0.6 is 0 Å². The van der Waals surface area contributed by atoms with Crippen LogP contribution in [0.3, 0.4) is 0 Å². The van der Waals surface area contributed by atoms with E-state index in [4.69, 9.17) is 4.74 Å². The second kappa shape index (κ2) is 7.87. The van der Waals surface area contributed by atoms with E-state index >= 15 is 0 Å². The Morgan fingerprint density at radius 3 is 2.22 bits per heavy atom. The van der Waals surface area contributed by atoms with E-state index in [1.807, 2.05) is 7.11 Å². The number of nitrogens with zero attached hydrogens (tertiary/aromatic N) is 1. The maximum absolute atomic E-state index is 5.61. The molecule has 0 N–H and O–H groups in total. The summed E-state index contributed by atoms with van der Waals surface area (Å²) in [6.45, 7) is 22.7. The summed E-state index contributed by atoms with van der Waals surface area (Å²) >= 11 is 0. The van der Waals surface area contributed by atoms with E-state index in [0.717, 1.165) is 12.3 Å². The largest absolute Gasteiger partial charge is 0.379 e. The average molecular weight is 326 g/mol. The van der Waals surface area contributed by atoms with E-state index < -0.39 is 0 Å². The molecule has 0 aliphatic carbocycles. The topological polar surface area (TPSA) is 12.5 Å². The van der Waals surface area contributed by atoms with Gasteiger partial charge in [0, 0.05) is 20.2 Å². The van der Waals surface area contributed by atoms with Crippen LogP contribution in [0.4, 0.5) is 0 Å². The predicted octanol–water partition coefficient (Wildman–Crippen LogP) is 5.61. The summed E-state index contributed by atoms with van der Waals surface area (Å²) in [5, 5.41) is 0. The van der Waals surface area contributed by atoms with Crippen molar-refractivity contribution in [3.8, 4) is 0 Å². The quantitative estimate of drug-likeness (QED) is 0.603. The Balaban J connectivity index is 2.57. The molecule has 2 nitrogen and oxygen atoms in total. The van der Waals surface area contributed by atoms with Gasteiger partial charge in [-0.25, -0.2) is 0 Å². The van der Waals surface area contributed by atoms with Crippen LogP contribution in [-0.2, 0) is 4.74 Å². The van der Waals surface area contributed by atoms with Gasteiger partial charge in [-0.15, -0.1) is 0 Å². The lowest BCUT2D eigenvalue weighted by Gasteiger charge is -2.45. The highest BCUT2D eigenvalue weighted by Gasteiger charge is 2.36. The summed E-state index contributed by atoms with van der Waals surface area (Å²) in [5.41, 5.74) is 0.855. The Bertz CT molecular complexity index is 353. The Morgan fingerprint density at radius 2 is 1.70 bits per heavy atom. The molecule has 0 amide bonds. The first-order valence-corrected chi connectivity index (χ1v) is 9.62. The van der Waals surface area contributed by atoms with Gasteiger partial charge in [-0.05, 0) is 68.7 Å². The maximum Gasteiger partial charge on any atom is 0.0625 e. The molecular formula is C21H43NO. The van der Waals surface area contributed by atoms with E-state index in [1.54, 1.807) is 0 Å². The molecule has 138 valence electrons. The average Bonchev–Trinajstić information content (AvgIpc) is 2.35. The maximum atomic E-state index is 5.61. The van der Waals surface area contributed by atoms with E-state index in [-0.39, 0.29) is 5.60 Å². The zero-order chi connectivity index (χ0) is 17.9. The minimum atomic E-state index is 0.000110. The molecule has 1 saturated heterocycles. The zero-order valence-corrected chi connectivity index (χ0v) is 17.5. The van der Waals surface area contributed by atoms with Crippen molar-refractivity contribution in [1.82, 2.24) is 4.90 Å². The molecule has 0 saturated carbocycles. The molecule has 0 aromatic rings. The third kappa shape index (κ3) is 7.56. The van der Waals surface area contributed by atoms with Gasteiger partial charge in [0.1, 0.15) is 0 Å². The van der Waals surface area contributed by atoms with Crippen LogP contribution in [-0.4, -0.2) is 37.2 Å². The smallest absolute Gasteiger partial charge is 0.0625 e. The molecule has 1 heterocycles. The van der Waals surface area contributed by atoms with E-state index in [0.29, 0.717) is 16.7 Å². The summed E-state index contributed by atoms with van der Waals surface area (Å²) < 4.78 is 5.61. The van der Waals surface area contributed by atoms with Gasteiger partial charge in [0.2, 0.25) is 0 Å². The SMILES string of the molecule is COC(C)(C)CC(C)CN1CCCC(C(C)(C)CC(C)(C)C)C1. The summed E-state index contributed by atoms with van der Waals surface area (Å²) in [6, 6.07) is 0. The molecule has 2 unspecified atom stereocenters. The molecule has 0 aromatic heterocycles. The minimum absolute atomic E-state index is 0.000110. The molecule has 1 rings (SSSR count). The first kappa shape index (κ1) is 21.0. The van der Waals surface area contributed by atoms with Crippen molar-refractivity contribution in [2.24, 2.45) is 22.7 Å².